The van der Waals surface area contributed by atoms with E-state index in [2.05, 4.69) is 10.3 Å². The number of anilines is 1. The molecule has 0 bridgehead atoms. The smallest absolute Gasteiger partial charge is 0.257 e. The third-order valence-electron chi connectivity index (χ3n) is 4.60. The van der Waals surface area contributed by atoms with Gasteiger partial charge in [-0.3, -0.25) is 4.79 Å². The standard InChI is InChI=1S/C20H21ClN2O3S/c1-27(25,26)18-10-9-15(13-17(18)21)16(12-14-6-2-3-7-14)20(24)23-19-8-4-5-11-22-19/h4-5,8-14H,2-3,6-7H2,1H3,(H,22,23,24)/b16-12-. The lowest BCUT2D eigenvalue weighted by atomic mass is 9.98. The van der Waals surface area contributed by atoms with Gasteiger partial charge in [-0.1, -0.05) is 42.7 Å². The molecule has 0 atom stereocenters. The average Bonchev–Trinajstić information content (AvgIpc) is 3.12. The quantitative estimate of drug-likeness (QED) is 0.751. The van der Waals surface area contributed by atoms with E-state index >= 15 is 0 Å². The van der Waals surface area contributed by atoms with Crippen molar-refractivity contribution in [2.45, 2.75) is 30.6 Å². The van der Waals surface area contributed by atoms with Crippen molar-refractivity contribution in [2.75, 3.05) is 11.6 Å². The van der Waals surface area contributed by atoms with Gasteiger partial charge in [0.05, 0.1) is 9.92 Å². The first-order valence-corrected chi connectivity index (χ1v) is 11.1. The number of benzene rings is 1. The van der Waals surface area contributed by atoms with Gasteiger partial charge in [-0.15, -0.1) is 0 Å². The number of aromatic nitrogens is 1. The number of nitrogens with zero attached hydrogens (tertiary/aromatic N) is 1. The summed E-state index contributed by atoms with van der Waals surface area (Å²) in [5.41, 5.74) is 1.07. The van der Waals surface area contributed by atoms with E-state index in [-0.39, 0.29) is 15.8 Å². The zero-order valence-electron chi connectivity index (χ0n) is 15.0. The zero-order chi connectivity index (χ0) is 19.4. The molecule has 5 nitrogen and oxygen atoms in total. The predicted molar refractivity (Wildman–Crippen MR) is 107 cm³/mol. The van der Waals surface area contributed by atoms with E-state index in [4.69, 9.17) is 11.6 Å². The second-order valence-electron chi connectivity index (χ2n) is 6.71. The maximum atomic E-state index is 12.9. The number of rotatable bonds is 5. The largest absolute Gasteiger partial charge is 0.307 e. The van der Waals surface area contributed by atoms with E-state index < -0.39 is 9.84 Å². The molecule has 0 spiro atoms. The molecule has 0 radical (unpaired) electrons. The van der Waals surface area contributed by atoms with Crippen molar-refractivity contribution in [2.24, 2.45) is 5.92 Å². The molecule has 0 unspecified atom stereocenters. The molecule has 0 saturated heterocycles. The van der Waals surface area contributed by atoms with Crippen LogP contribution in [0.3, 0.4) is 0 Å². The Morgan fingerprint density at radius 3 is 2.56 bits per heavy atom. The molecule has 1 fully saturated rings. The van der Waals surface area contributed by atoms with Crippen molar-refractivity contribution < 1.29 is 13.2 Å². The van der Waals surface area contributed by atoms with Crippen molar-refractivity contribution in [3.63, 3.8) is 0 Å². The van der Waals surface area contributed by atoms with E-state index in [0.29, 0.717) is 22.9 Å². The van der Waals surface area contributed by atoms with E-state index in [1.165, 1.54) is 12.1 Å². The maximum absolute atomic E-state index is 12.9. The summed E-state index contributed by atoms with van der Waals surface area (Å²) in [6.45, 7) is 0. The van der Waals surface area contributed by atoms with Crippen LogP contribution >= 0.6 is 11.6 Å². The molecule has 1 amide bonds. The Labute approximate surface area is 164 Å². The van der Waals surface area contributed by atoms with Crippen molar-refractivity contribution in [3.8, 4) is 0 Å². The summed E-state index contributed by atoms with van der Waals surface area (Å²) in [6, 6.07) is 9.89. The van der Waals surface area contributed by atoms with Gasteiger partial charge in [-0.2, -0.15) is 0 Å². The predicted octanol–water partition coefficient (Wildman–Crippen LogP) is 4.35. The zero-order valence-corrected chi connectivity index (χ0v) is 16.6. The number of nitrogens with one attached hydrogen (secondary N) is 1. The number of pyridine rings is 1. The van der Waals surface area contributed by atoms with Crippen LogP contribution in [0.4, 0.5) is 5.82 Å². The van der Waals surface area contributed by atoms with Gasteiger partial charge in [0.15, 0.2) is 9.84 Å². The van der Waals surface area contributed by atoms with Gasteiger partial charge in [0.2, 0.25) is 0 Å². The molecule has 0 aliphatic heterocycles. The average molecular weight is 405 g/mol. The minimum absolute atomic E-state index is 0.0540. The Kier molecular flexibility index (Phi) is 5.97. The third-order valence-corrected chi connectivity index (χ3v) is 6.18. The molecule has 3 rings (SSSR count). The van der Waals surface area contributed by atoms with Gasteiger partial charge in [-0.05, 0) is 48.6 Å². The summed E-state index contributed by atoms with van der Waals surface area (Å²) in [5.74, 6) is 0.491. The van der Waals surface area contributed by atoms with Crippen LogP contribution in [-0.2, 0) is 14.6 Å². The Bertz CT molecular complexity index is 966. The first kappa shape index (κ1) is 19.6. The highest BCUT2D eigenvalue weighted by Gasteiger charge is 2.21. The monoisotopic (exact) mass is 404 g/mol. The van der Waals surface area contributed by atoms with Crippen molar-refractivity contribution in [1.29, 1.82) is 0 Å². The number of allylic oxidation sites excluding steroid dienone is 1. The topological polar surface area (TPSA) is 76.1 Å². The Morgan fingerprint density at radius 1 is 1.22 bits per heavy atom. The molecule has 1 heterocycles. The second-order valence-corrected chi connectivity index (χ2v) is 9.10. The summed E-state index contributed by atoms with van der Waals surface area (Å²) in [5, 5.41) is 2.91. The van der Waals surface area contributed by atoms with Crippen molar-refractivity contribution in [1.82, 2.24) is 4.98 Å². The molecule has 7 heteroatoms. The maximum Gasteiger partial charge on any atom is 0.257 e. The Balaban J connectivity index is 1.97. The van der Waals surface area contributed by atoms with E-state index in [9.17, 15) is 13.2 Å². The number of halogens is 1. The fourth-order valence-corrected chi connectivity index (χ4v) is 4.58. The minimum atomic E-state index is -3.43. The summed E-state index contributed by atoms with van der Waals surface area (Å²) >= 11 is 6.19. The molecule has 142 valence electrons. The second kappa shape index (κ2) is 8.23. The summed E-state index contributed by atoms with van der Waals surface area (Å²) in [6.07, 6.45) is 9.04. The lowest BCUT2D eigenvalue weighted by Gasteiger charge is -2.13. The van der Waals surface area contributed by atoms with E-state index in [0.717, 1.165) is 31.9 Å². The van der Waals surface area contributed by atoms with Gasteiger partial charge >= 0.3 is 0 Å². The molecule has 1 N–H and O–H groups in total. The number of hydrogen-bond acceptors (Lipinski definition) is 4. The van der Waals surface area contributed by atoms with Crippen LogP contribution in [0.25, 0.3) is 5.57 Å². The molecule has 1 aliphatic rings. The van der Waals surface area contributed by atoms with E-state index in [1.54, 1.807) is 30.5 Å². The van der Waals surface area contributed by atoms with Crippen LogP contribution in [-0.4, -0.2) is 25.6 Å². The number of sulfone groups is 1. The van der Waals surface area contributed by atoms with Crippen LogP contribution in [0.2, 0.25) is 5.02 Å². The van der Waals surface area contributed by atoms with E-state index in [1.807, 2.05) is 6.08 Å². The van der Waals surface area contributed by atoms with Crippen LogP contribution in [0.1, 0.15) is 31.2 Å². The van der Waals surface area contributed by atoms with Gasteiger partial charge in [0, 0.05) is 18.0 Å². The van der Waals surface area contributed by atoms with Crippen LogP contribution in [0.15, 0.2) is 53.6 Å². The van der Waals surface area contributed by atoms with Gasteiger partial charge < -0.3 is 5.32 Å². The molecular weight excluding hydrogens is 384 g/mol. The molecule has 1 aliphatic carbocycles. The number of amides is 1. The normalized spacial score (nSPS) is 15.7. The lowest BCUT2D eigenvalue weighted by molar-refractivity contribution is -0.111. The molecule has 27 heavy (non-hydrogen) atoms. The number of carbonyl (C=O) groups is 1. The molecule has 1 aromatic heterocycles. The molecular formula is C20H21ClN2O3S. The van der Waals surface area contributed by atoms with Gasteiger partial charge in [0.25, 0.3) is 5.91 Å². The minimum Gasteiger partial charge on any atom is -0.307 e. The Hall–Kier alpha value is -2.18. The highest BCUT2D eigenvalue weighted by Crippen LogP contribution is 2.32. The fraction of sp³-hybridized carbons (Fsp3) is 0.300. The summed E-state index contributed by atoms with van der Waals surface area (Å²) < 4.78 is 23.6. The molecule has 2 aromatic rings. The van der Waals surface area contributed by atoms with Crippen LogP contribution < -0.4 is 5.32 Å². The summed E-state index contributed by atoms with van der Waals surface area (Å²) in [4.78, 5) is 17.1. The first-order valence-electron chi connectivity index (χ1n) is 8.79. The highest BCUT2D eigenvalue weighted by atomic mass is 35.5. The lowest BCUT2D eigenvalue weighted by Crippen LogP contribution is -2.15. The SMILES string of the molecule is CS(=O)(=O)c1ccc(/C(=C/C2CCCC2)C(=O)Nc2ccccn2)cc1Cl. The highest BCUT2D eigenvalue weighted by molar-refractivity contribution is 7.90. The number of carbonyl (C=O) groups excluding carboxylic acids is 1. The van der Waals surface area contributed by atoms with Crippen LogP contribution in [0, 0.1) is 5.92 Å². The van der Waals surface area contributed by atoms with Crippen LogP contribution in [0.5, 0.6) is 0 Å². The fourth-order valence-electron chi connectivity index (χ4n) is 3.25. The third kappa shape index (κ3) is 4.96. The first-order chi connectivity index (χ1) is 12.8. The van der Waals surface area contributed by atoms with Gasteiger partial charge in [-0.25, -0.2) is 13.4 Å². The molecule has 1 aromatic carbocycles. The van der Waals surface area contributed by atoms with Crippen molar-refractivity contribution in [3.05, 3.63) is 59.3 Å². The summed E-state index contributed by atoms with van der Waals surface area (Å²) in [7, 11) is -3.43. The Morgan fingerprint density at radius 2 is 1.96 bits per heavy atom. The van der Waals surface area contributed by atoms with Gasteiger partial charge in [0.1, 0.15) is 5.82 Å². The number of hydrogen-bond donors (Lipinski definition) is 1. The molecule has 1 saturated carbocycles. The van der Waals surface area contributed by atoms with Crippen molar-refractivity contribution >= 4 is 38.7 Å².